The first-order chi connectivity index (χ1) is 8.69. The van der Waals surface area contributed by atoms with E-state index in [0.717, 1.165) is 18.4 Å². The van der Waals surface area contributed by atoms with Gasteiger partial charge in [-0.15, -0.1) is 0 Å². The fraction of sp³-hybridized carbons (Fsp3) is 0.500. The predicted octanol–water partition coefficient (Wildman–Crippen LogP) is 2.76. The number of benzene rings is 1. The van der Waals surface area contributed by atoms with E-state index in [4.69, 9.17) is 11.6 Å². The van der Waals surface area contributed by atoms with Gasteiger partial charge in [0.25, 0.3) is 0 Å². The van der Waals surface area contributed by atoms with Crippen LogP contribution < -0.4 is 10.6 Å². The molecule has 96 valence electrons. The Morgan fingerprint density at radius 2 is 1.78 bits per heavy atom. The Morgan fingerprint density at radius 3 is 2.44 bits per heavy atom. The third kappa shape index (κ3) is 2.13. The summed E-state index contributed by atoms with van der Waals surface area (Å²) in [6.45, 7) is 0. The van der Waals surface area contributed by atoms with Crippen LogP contribution in [-0.2, 0) is 4.79 Å². The van der Waals surface area contributed by atoms with Gasteiger partial charge in [0.2, 0.25) is 5.91 Å². The normalized spacial score (nSPS) is 26.3. The highest BCUT2D eigenvalue weighted by molar-refractivity contribution is 6.30. The molecule has 1 atom stereocenters. The molecule has 2 aliphatic rings. The van der Waals surface area contributed by atoms with E-state index < -0.39 is 0 Å². The number of nitrogens with one attached hydrogen (secondary N) is 2. The Bertz CT molecular complexity index is 451. The van der Waals surface area contributed by atoms with Gasteiger partial charge in [0, 0.05) is 5.02 Å². The first-order valence-corrected chi connectivity index (χ1v) is 6.92. The highest BCUT2D eigenvalue weighted by atomic mass is 35.5. The topological polar surface area (TPSA) is 41.1 Å². The van der Waals surface area contributed by atoms with Crippen molar-refractivity contribution in [2.24, 2.45) is 0 Å². The lowest BCUT2D eigenvalue weighted by Crippen LogP contribution is -2.51. The maximum absolute atomic E-state index is 12.1. The maximum Gasteiger partial charge on any atom is 0.243 e. The minimum absolute atomic E-state index is 0.0826. The van der Waals surface area contributed by atoms with E-state index in [-0.39, 0.29) is 17.6 Å². The molecule has 18 heavy (non-hydrogen) atoms. The van der Waals surface area contributed by atoms with Crippen LogP contribution in [0.4, 0.5) is 0 Å². The van der Waals surface area contributed by atoms with Crippen LogP contribution in [0.2, 0.25) is 5.02 Å². The van der Waals surface area contributed by atoms with Crippen LogP contribution in [0.1, 0.15) is 43.7 Å². The van der Waals surface area contributed by atoms with E-state index in [1.54, 1.807) is 0 Å². The average molecular weight is 265 g/mol. The smallest absolute Gasteiger partial charge is 0.243 e. The van der Waals surface area contributed by atoms with E-state index >= 15 is 0 Å². The fourth-order valence-electron chi connectivity index (χ4n) is 3.00. The van der Waals surface area contributed by atoms with Gasteiger partial charge >= 0.3 is 0 Å². The molecule has 1 aliphatic carbocycles. The number of halogens is 1. The van der Waals surface area contributed by atoms with Crippen LogP contribution in [0.15, 0.2) is 24.3 Å². The van der Waals surface area contributed by atoms with Gasteiger partial charge in [-0.3, -0.25) is 10.1 Å². The molecule has 1 heterocycles. The maximum atomic E-state index is 12.1. The number of amides is 1. The van der Waals surface area contributed by atoms with Crippen molar-refractivity contribution < 1.29 is 4.79 Å². The van der Waals surface area contributed by atoms with E-state index in [1.165, 1.54) is 19.3 Å². The third-order valence-corrected chi connectivity index (χ3v) is 4.21. The highest BCUT2D eigenvalue weighted by Crippen LogP contribution is 2.33. The Morgan fingerprint density at radius 1 is 1.11 bits per heavy atom. The molecule has 0 radical (unpaired) electrons. The number of hydrogen-bond donors (Lipinski definition) is 2. The Labute approximate surface area is 112 Å². The summed E-state index contributed by atoms with van der Waals surface area (Å²) in [5.74, 6) is 0.0826. The van der Waals surface area contributed by atoms with Crippen molar-refractivity contribution in [2.75, 3.05) is 0 Å². The molecule has 1 unspecified atom stereocenters. The molecule has 1 saturated heterocycles. The molecule has 0 aromatic heterocycles. The van der Waals surface area contributed by atoms with Crippen molar-refractivity contribution in [1.29, 1.82) is 0 Å². The molecule has 4 heteroatoms. The molecule has 1 saturated carbocycles. The minimum Gasteiger partial charge on any atom is -0.336 e. The number of rotatable bonds is 1. The van der Waals surface area contributed by atoms with Gasteiger partial charge in [-0.2, -0.15) is 0 Å². The first-order valence-electron chi connectivity index (χ1n) is 6.54. The Balaban J connectivity index is 1.82. The SMILES string of the molecule is O=C1NC2(CCCCC2)NC1c1ccc(Cl)cc1. The lowest BCUT2D eigenvalue weighted by molar-refractivity contribution is -0.121. The summed E-state index contributed by atoms with van der Waals surface area (Å²) < 4.78 is 0. The standard InChI is InChI=1S/C14H17ClN2O/c15-11-6-4-10(5-7-11)12-13(18)17-14(16-12)8-2-1-3-9-14/h4-7,12,16H,1-3,8-9H2,(H,17,18). The van der Waals surface area contributed by atoms with Gasteiger partial charge in [-0.1, -0.05) is 30.2 Å². The van der Waals surface area contributed by atoms with E-state index in [1.807, 2.05) is 24.3 Å². The summed E-state index contributed by atoms with van der Waals surface area (Å²) in [5, 5.41) is 7.34. The second kappa shape index (κ2) is 4.56. The van der Waals surface area contributed by atoms with Crippen molar-refractivity contribution in [2.45, 2.75) is 43.8 Å². The number of carbonyl (C=O) groups is 1. The number of carbonyl (C=O) groups excluding carboxylic acids is 1. The van der Waals surface area contributed by atoms with Gasteiger partial charge in [0.15, 0.2) is 0 Å². The molecule has 2 N–H and O–H groups in total. The summed E-state index contributed by atoms with van der Waals surface area (Å²) in [4.78, 5) is 12.1. The number of hydrogen-bond acceptors (Lipinski definition) is 2. The molecular formula is C14H17ClN2O. The molecular weight excluding hydrogens is 248 g/mol. The van der Waals surface area contributed by atoms with Gasteiger partial charge in [0.1, 0.15) is 6.04 Å². The molecule has 1 spiro atoms. The lowest BCUT2D eigenvalue weighted by Gasteiger charge is -2.33. The van der Waals surface area contributed by atoms with Crippen LogP contribution in [-0.4, -0.2) is 11.6 Å². The van der Waals surface area contributed by atoms with Gasteiger partial charge in [-0.25, -0.2) is 0 Å². The summed E-state index contributed by atoms with van der Waals surface area (Å²) in [7, 11) is 0. The van der Waals surface area contributed by atoms with Crippen molar-refractivity contribution in [3.05, 3.63) is 34.9 Å². The quantitative estimate of drug-likeness (QED) is 0.819. The van der Waals surface area contributed by atoms with Crippen molar-refractivity contribution in [3.63, 3.8) is 0 Å². The molecule has 0 bridgehead atoms. The zero-order valence-electron chi connectivity index (χ0n) is 10.2. The first kappa shape index (κ1) is 12.0. The molecule has 1 aromatic carbocycles. The van der Waals surface area contributed by atoms with Crippen LogP contribution >= 0.6 is 11.6 Å². The second-order valence-corrected chi connectivity index (χ2v) is 5.70. The molecule has 3 rings (SSSR count). The average Bonchev–Trinajstić information content (AvgIpc) is 2.68. The molecule has 3 nitrogen and oxygen atoms in total. The monoisotopic (exact) mass is 264 g/mol. The van der Waals surface area contributed by atoms with Crippen LogP contribution in [0.5, 0.6) is 0 Å². The van der Waals surface area contributed by atoms with Crippen LogP contribution in [0, 0.1) is 0 Å². The summed E-state index contributed by atoms with van der Waals surface area (Å²) in [6.07, 6.45) is 5.69. The minimum atomic E-state index is -0.236. The van der Waals surface area contributed by atoms with E-state index in [0.29, 0.717) is 5.02 Å². The summed E-state index contributed by atoms with van der Waals surface area (Å²) >= 11 is 5.88. The molecule has 1 aromatic rings. The van der Waals surface area contributed by atoms with Crippen LogP contribution in [0.25, 0.3) is 0 Å². The zero-order valence-corrected chi connectivity index (χ0v) is 11.0. The Kier molecular flexibility index (Phi) is 3.04. The zero-order chi connectivity index (χ0) is 12.6. The third-order valence-electron chi connectivity index (χ3n) is 3.96. The second-order valence-electron chi connectivity index (χ2n) is 5.26. The van der Waals surface area contributed by atoms with Crippen molar-refractivity contribution in [1.82, 2.24) is 10.6 Å². The largest absolute Gasteiger partial charge is 0.336 e. The molecule has 2 fully saturated rings. The summed E-state index contributed by atoms with van der Waals surface area (Å²) in [5.41, 5.74) is 0.818. The lowest BCUT2D eigenvalue weighted by atomic mass is 9.89. The molecule has 1 aliphatic heterocycles. The van der Waals surface area contributed by atoms with E-state index in [9.17, 15) is 4.79 Å². The Hall–Kier alpha value is -1.06. The molecule has 1 amide bonds. The fourth-order valence-corrected chi connectivity index (χ4v) is 3.13. The van der Waals surface area contributed by atoms with Gasteiger partial charge in [-0.05, 0) is 43.4 Å². The van der Waals surface area contributed by atoms with Crippen LogP contribution in [0.3, 0.4) is 0 Å². The predicted molar refractivity (Wildman–Crippen MR) is 71.3 cm³/mol. The van der Waals surface area contributed by atoms with Gasteiger partial charge in [0.05, 0.1) is 5.66 Å². The van der Waals surface area contributed by atoms with E-state index in [2.05, 4.69) is 10.6 Å². The van der Waals surface area contributed by atoms with Crippen molar-refractivity contribution in [3.8, 4) is 0 Å². The van der Waals surface area contributed by atoms with Gasteiger partial charge < -0.3 is 5.32 Å². The highest BCUT2D eigenvalue weighted by Gasteiger charge is 2.44. The summed E-state index contributed by atoms with van der Waals surface area (Å²) in [6, 6.07) is 7.26. The van der Waals surface area contributed by atoms with Crippen molar-refractivity contribution >= 4 is 17.5 Å².